The van der Waals surface area contributed by atoms with Crippen LogP contribution in [0.5, 0.6) is 5.75 Å². The molecule has 1 rings (SSSR count). The van der Waals surface area contributed by atoms with Crippen molar-refractivity contribution in [2.24, 2.45) is 4.99 Å². The summed E-state index contributed by atoms with van der Waals surface area (Å²) in [6.45, 7) is -0.305. The molecule has 0 bridgehead atoms. The van der Waals surface area contributed by atoms with Crippen LogP contribution in [0.1, 0.15) is 12.8 Å². The van der Waals surface area contributed by atoms with Crippen molar-refractivity contribution in [3.8, 4) is 5.75 Å². The third-order valence-electron chi connectivity index (χ3n) is 2.47. The summed E-state index contributed by atoms with van der Waals surface area (Å²) in [6, 6.07) is 5.00. The Bertz CT molecular complexity index is 696. The van der Waals surface area contributed by atoms with Gasteiger partial charge in [-0.05, 0) is 12.1 Å². The molecule has 0 atom stereocenters. The van der Waals surface area contributed by atoms with Gasteiger partial charge in [-0.25, -0.2) is 0 Å². The third kappa shape index (κ3) is 7.87. The van der Waals surface area contributed by atoms with Crippen LogP contribution < -0.4 is 4.74 Å². The molecule has 0 saturated heterocycles. The van der Waals surface area contributed by atoms with Crippen molar-refractivity contribution in [1.29, 1.82) is 0 Å². The second-order valence-corrected chi connectivity index (χ2v) is 5.88. The van der Waals surface area contributed by atoms with E-state index in [2.05, 4.69) is 4.99 Å². The van der Waals surface area contributed by atoms with Crippen molar-refractivity contribution in [1.82, 2.24) is 0 Å². The maximum Gasteiger partial charge on any atom is 0.303 e. The highest BCUT2D eigenvalue weighted by Crippen LogP contribution is 2.18. The van der Waals surface area contributed by atoms with E-state index in [4.69, 9.17) is 14.4 Å². The number of carbonyl (C=O) groups is 1. The zero-order chi connectivity index (χ0) is 17.5. The second kappa shape index (κ2) is 8.19. The van der Waals surface area contributed by atoms with Gasteiger partial charge in [-0.1, -0.05) is 0 Å². The van der Waals surface area contributed by atoms with Crippen molar-refractivity contribution in [3.05, 3.63) is 34.4 Å². The van der Waals surface area contributed by atoms with Crippen LogP contribution >= 0.6 is 0 Å². The highest BCUT2D eigenvalue weighted by atomic mass is 32.2. The second-order valence-electron chi connectivity index (χ2n) is 4.31. The molecule has 0 saturated carbocycles. The van der Waals surface area contributed by atoms with E-state index in [1.807, 2.05) is 0 Å². The van der Waals surface area contributed by atoms with Crippen molar-refractivity contribution in [2.75, 3.05) is 12.3 Å². The summed E-state index contributed by atoms with van der Waals surface area (Å²) in [5, 5.41) is 19.2. The molecule has 0 radical (unpaired) electrons. The number of non-ortho nitro benzene ring substituents is 1. The monoisotopic (exact) mass is 346 g/mol. The highest BCUT2D eigenvalue weighted by molar-refractivity contribution is 7.85. The molecule has 0 aliphatic rings. The zero-order valence-corrected chi connectivity index (χ0v) is 12.6. The molecule has 0 aromatic heterocycles. The molecule has 1 aromatic carbocycles. The van der Waals surface area contributed by atoms with Crippen LogP contribution in [0.3, 0.4) is 0 Å². The largest absolute Gasteiger partial charge is 0.481 e. The van der Waals surface area contributed by atoms with Crippen molar-refractivity contribution in [3.63, 3.8) is 0 Å². The Hall–Kier alpha value is -2.53. The van der Waals surface area contributed by atoms with Crippen LogP contribution in [-0.2, 0) is 14.9 Å². The fraction of sp³-hybridized carbons (Fsp3) is 0.333. The smallest absolute Gasteiger partial charge is 0.303 e. The van der Waals surface area contributed by atoms with Gasteiger partial charge in [-0.3, -0.25) is 24.5 Å². The molecule has 0 amide bonds. The first-order valence-corrected chi connectivity index (χ1v) is 7.91. The molecular formula is C12H14N2O8S. The van der Waals surface area contributed by atoms with E-state index < -0.39 is 26.8 Å². The molecule has 10 nitrogen and oxygen atoms in total. The predicted octanol–water partition coefficient (Wildman–Crippen LogP) is 1.12. The number of hydrogen-bond donors (Lipinski definition) is 2. The Morgan fingerprint density at radius 3 is 2.35 bits per heavy atom. The molecule has 0 unspecified atom stereocenters. The minimum atomic E-state index is -4.19. The van der Waals surface area contributed by atoms with E-state index in [1.165, 1.54) is 24.3 Å². The molecular weight excluding hydrogens is 332 g/mol. The maximum atomic E-state index is 10.6. The summed E-state index contributed by atoms with van der Waals surface area (Å²) in [6.07, 6.45) is -0.393. The van der Waals surface area contributed by atoms with Crippen molar-refractivity contribution in [2.45, 2.75) is 12.8 Å². The van der Waals surface area contributed by atoms with Gasteiger partial charge in [0.2, 0.25) is 0 Å². The van der Waals surface area contributed by atoms with Crippen LogP contribution in [0.15, 0.2) is 29.3 Å². The van der Waals surface area contributed by atoms with Crippen LogP contribution in [0.25, 0.3) is 0 Å². The number of nitrogens with zero attached hydrogens (tertiary/aromatic N) is 2. The molecule has 0 fully saturated rings. The molecule has 23 heavy (non-hydrogen) atoms. The molecule has 126 valence electrons. The van der Waals surface area contributed by atoms with Gasteiger partial charge in [-0.2, -0.15) is 8.42 Å². The average Bonchev–Trinajstić information content (AvgIpc) is 2.43. The van der Waals surface area contributed by atoms with Gasteiger partial charge >= 0.3 is 5.97 Å². The predicted molar refractivity (Wildman–Crippen MR) is 79.3 cm³/mol. The van der Waals surface area contributed by atoms with Gasteiger partial charge in [0, 0.05) is 18.6 Å². The molecule has 11 heteroatoms. The summed E-state index contributed by atoms with van der Waals surface area (Å²) in [7, 11) is -4.19. The lowest BCUT2D eigenvalue weighted by Crippen LogP contribution is -2.14. The molecule has 0 aliphatic heterocycles. The summed E-state index contributed by atoms with van der Waals surface area (Å²) >= 11 is 0. The van der Waals surface area contributed by atoms with Crippen molar-refractivity contribution < 1.29 is 32.5 Å². The Balaban J connectivity index is 2.80. The Kier molecular flexibility index (Phi) is 6.60. The minimum Gasteiger partial charge on any atom is -0.481 e. The summed E-state index contributed by atoms with van der Waals surface area (Å²) in [5.74, 6) is -1.59. The number of carboxylic acids is 1. The van der Waals surface area contributed by atoms with Gasteiger partial charge in [-0.15, -0.1) is 0 Å². The van der Waals surface area contributed by atoms with Crippen LogP contribution in [0.2, 0.25) is 0 Å². The summed E-state index contributed by atoms with van der Waals surface area (Å²) in [4.78, 5) is 24.3. The molecule has 0 aliphatic carbocycles. The molecule has 0 spiro atoms. The molecule has 1 aromatic rings. The van der Waals surface area contributed by atoms with E-state index in [0.717, 1.165) is 0 Å². The van der Waals surface area contributed by atoms with Gasteiger partial charge in [0.05, 0.1) is 23.6 Å². The lowest BCUT2D eigenvalue weighted by atomic mass is 10.3. The standard InChI is InChI=1S/C12H14N2O8S/c15-12(16)6-5-11(13-7-8-23(19,20)21)22-10-3-1-9(2-4-10)14(17)18/h1-4H,5-8H2,(H,15,16)(H,19,20,21). The zero-order valence-electron chi connectivity index (χ0n) is 11.8. The first-order chi connectivity index (χ1) is 10.7. The number of aliphatic imine (C=N–C) groups is 1. The number of carboxylic acid groups (broad SMARTS) is 1. The number of benzene rings is 1. The Morgan fingerprint density at radius 2 is 1.87 bits per heavy atom. The number of nitro benzene ring substituents is 1. The Morgan fingerprint density at radius 1 is 1.26 bits per heavy atom. The minimum absolute atomic E-state index is 0.0510. The lowest BCUT2D eigenvalue weighted by molar-refractivity contribution is -0.384. The lowest BCUT2D eigenvalue weighted by Gasteiger charge is -2.08. The van der Waals surface area contributed by atoms with Gasteiger partial charge in [0.15, 0.2) is 5.90 Å². The van der Waals surface area contributed by atoms with E-state index >= 15 is 0 Å². The SMILES string of the molecule is O=C(O)CCC(=NCCS(=O)(=O)O)Oc1ccc([N+](=O)[O-])cc1. The maximum absolute atomic E-state index is 10.6. The van der Waals surface area contributed by atoms with Crippen LogP contribution in [0, 0.1) is 10.1 Å². The number of hydrogen-bond acceptors (Lipinski definition) is 7. The number of rotatable bonds is 8. The van der Waals surface area contributed by atoms with Gasteiger partial charge in [0.1, 0.15) is 5.75 Å². The van der Waals surface area contributed by atoms with E-state index in [9.17, 15) is 23.3 Å². The number of ether oxygens (including phenoxy) is 1. The van der Waals surface area contributed by atoms with E-state index in [1.54, 1.807) is 0 Å². The van der Waals surface area contributed by atoms with Crippen LogP contribution in [-0.4, -0.2) is 47.2 Å². The molecule has 0 heterocycles. The number of nitro groups is 1. The Labute approximate surface area is 131 Å². The fourth-order valence-corrected chi connectivity index (χ4v) is 1.76. The average molecular weight is 346 g/mol. The van der Waals surface area contributed by atoms with Gasteiger partial charge in [0.25, 0.3) is 15.8 Å². The van der Waals surface area contributed by atoms with Crippen LogP contribution in [0.4, 0.5) is 5.69 Å². The quantitative estimate of drug-likeness (QED) is 0.233. The number of aliphatic carboxylic acids is 1. The topological polar surface area (TPSA) is 156 Å². The van der Waals surface area contributed by atoms with Crippen molar-refractivity contribution >= 4 is 27.7 Å². The highest BCUT2D eigenvalue weighted by Gasteiger charge is 2.10. The van der Waals surface area contributed by atoms with E-state index in [-0.39, 0.29) is 36.7 Å². The summed E-state index contributed by atoms with van der Waals surface area (Å²) in [5.41, 5.74) is -0.146. The normalized spacial score (nSPS) is 12.0. The first kappa shape index (κ1) is 18.5. The van der Waals surface area contributed by atoms with E-state index in [0.29, 0.717) is 0 Å². The fourth-order valence-electron chi connectivity index (χ4n) is 1.43. The first-order valence-electron chi connectivity index (χ1n) is 6.30. The molecule has 2 N–H and O–H groups in total. The summed E-state index contributed by atoms with van der Waals surface area (Å²) < 4.78 is 35.2. The van der Waals surface area contributed by atoms with Gasteiger partial charge < -0.3 is 9.84 Å². The third-order valence-corrected chi connectivity index (χ3v) is 3.17.